The number of halogens is 2. The van der Waals surface area contributed by atoms with Gasteiger partial charge in [-0.3, -0.25) is 4.55 Å². The topological polar surface area (TPSA) is 54.4 Å². The van der Waals surface area contributed by atoms with Crippen molar-refractivity contribution in [3.8, 4) is 0 Å². The van der Waals surface area contributed by atoms with E-state index in [0.29, 0.717) is 18.3 Å². The largest absolute Gasteiger partial charge is 0.370 e. The summed E-state index contributed by atoms with van der Waals surface area (Å²) < 4.78 is 57.4. The third-order valence-electron chi connectivity index (χ3n) is 5.57. The van der Waals surface area contributed by atoms with Crippen LogP contribution in [0, 0.1) is 29.6 Å². The summed E-state index contributed by atoms with van der Waals surface area (Å²) in [5.74, 6) is 1.75. The van der Waals surface area contributed by atoms with Gasteiger partial charge in [0.1, 0.15) is 0 Å². The second-order valence-corrected chi connectivity index (χ2v) is 8.30. The molecule has 0 radical (unpaired) electrons. The molecule has 0 aromatic heterocycles. The van der Waals surface area contributed by atoms with Gasteiger partial charge in [0, 0.05) is 6.42 Å². The van der Waals surface area contributed by atoms with Crippen LogP contribution in [0.5, 0.6) is 0 Å². The van der Waals surface area contributed by atoms with E-state index in [0.717, 1.165) is 38.0 Å². The van der Waals surface area contributed by atoms with E-state index in [2.05, 4.69) is 0 Å². The molecular weight excluding hydrogens is 274 g/mol. The highest BCUT2D eigenvalue weighted by Gasteiger charge is 2.52. The molecule has 0 aromatic carbocycles. The quantitative estimate of drug-likeness (QED) is 0.812. The number of hydrogen-bond donors (Lipinski definition) is 1. The predicted octanol–water partition coefficient (Wildman–Crippen LogP) is 3.32. The highest BCUT2D eigenvalue weighted by atomic mass is 32.2. The monoisotopic (exact) mass is 294 g/mol. The molecule has 3 bridgehead atoms. The fourth-order valence-electron chi connectivity index (χ4n) is 4.93. The van der Waals surface area contributed by atoms with Crippen molar-refractivity contribution in [2.45, 2.75) is 50.2 Å². The number of hydrogen-bond acceptors (Lipinski definition) is 2. The van der Waals surface area contributed by atoms with Crippen molar-refractivity contribution < 1.29 is 21.8 Å². The van der Waals surface area contributed by atoms with Gasteiger partial charge in [0.25, 0.3) is 0 Å². The van der Waals surface area contributed by atoms with Crippen molar-refractivity contribution in [2.75, 3.05) is 0 Å². The van der Waals surface area contributed by atoms with E-state index < -0.39 is 21.8 Å². The molecule has 5 atom stereocenters. The van der Waals surface area contributed by atoms with Crippen molar-refractivity contribution in [2.24, 2.45) is 29.6 Å². The SMILES string of the molecule is O=S(=O)(O)C(F)(F)CC1CC2CC3CCC1C(C3)C2. The molecule has 3 nitrogen and oxygen atoms in total. The lowest BCUT2D eigenvalue weighted by Gasteiger charge is -2.52. The molecule has 0 aromatic rings. The third kappa shape index (κ3) is 2.42. The van der Waals surface area contributed by atoms with E-state index in [1.807, 2.05) is 0 Å². The Morgan fingerprint density at radius 3 is 2.42 bits per heavy atom. The molecule has 5 unspecified atom stereocenters. The molecule has 0 heterocycles. The van der Waals surface area contributed by atoms with Gasteiger partial charge in [-0.05, 0) is 61.7 Å². The van der Waals surface area contributed by atoms with Crippen LogP contribution >= 0.6 is 0 Å². The highest BCUT2D eigenvalue weighted by molar-refractivity contribution is 7.86. The van der Waals surface area contributed by atoms with Crippen LogP contribution in [0.25, 0.3) is 0 Å². The Kier molecular flexibility index (Phi) is 3.17. The molecule has 1 N–H and O–H groups in total. The normalized spacial score (nSPS) is 42.4. The molecule has 0 saturated heterocycles. The van der Waals surface area contributed by atoms with Gasteiger partial charge in [-0.2, -0.15) is 17.2 Å². The van der Waals surface area contributed by atoms with Crippen molar-refractivity contribution in [1.29, 1.82) is 0 Å². The molecule has 0 spiro atoms. The second-order valence-electron chi connectivity index (χ2n) is 6.75. The van der Waals surface area contributed by atoms with Gasteiger partial charge in [-0.15, -0.1) is 0 Å². The molecule has 3 aliphatic rings. The maximum Gasteiger partial charge on any atom is 0.370 e. The second kappa shape index (κ2) is 4.38. The molecule has 3 aliphatic carbocycles. The van der Waals surface area contributed by atoms with Gasteiger partial charge in [0.05, 0.1) is 0 Å². The summed E-state index contributed by atoms with van der Waals surface area (Å²) in [6.45, 7) is 0. The lowest BCUT2D eigenvalue weighted by Crippen LogP contribution is -2.44. The van der Waals surface area contributed by atoms with E-state index in [4.69, 9.17) is 4.55 Å². The van der Waals surface area contributed by atoms with E-state index in [1.54, 1.807) is 0 Å². The zero-order valence-corrected chi connectivity index (χ0v) is 11.6. The zero-order valence-electron chi connectivity index (χ0n) is 10.8. The summed E-state index contributed by atoms with van der Waals surface area (Å²) in [4.78, 5) is 0. The molecule has 19 heavy (non-hydrogen) atoms. The smallest absolute Gasteiger partial charge is 0.281 e. The molecular formula is C13H20F2O3S. The standard InChI is InChI=1S/C13H20F2O3S/c14-13(15,19(16,17)18)7-11-6-9-3-8-1-2-12(11)10(4-8)5-9/h8-12H,1-7H2,(H,16,17,18). The van der Waals surface area contributed by atoms with E-state index >= 15 is 0 Å². The summed E-state index contributed by atoms with van der Waals surface area (Å²) in [6.07, 6.45) is 5.46. The summed E-state index contributed by atoms with van der Waals surface area (Å²) in [5, 5.41) is -3.99. The van der Waals surface area contributed by atoms with Gasteiger partial charge in [-0.1, -0.05) is 6.42 Å². The van der Waals surface area contributed by atoms with Crippen LogP contribution in [0.15, 0.2) is 0 Å². The lowest BCUT2D eigenvalue weighted by molar-refractivity contribution is -0.0452. The first-order valence-corrected chi connectivity index (χ1v) is 8.55. The van der Waals surface area contributed by atoms with Crippen LogP contribution in [-0.2, 0) is 10.1 Å². The minimum absolute atomic E-state index is 0.237. The lowest BCUT2D eigenvalue weighted by atomic mass is 9.54. The maximum absolute atomic E-state index is 13.6. The Morgan fingerprint density at radius 1 is 1.05 bits per heavy atom. The number of alkyl halides is 2. The molecule has 3 rings (SSSR count). The zero-order chi connectivity index (χ0) is 13.8. The van der Waals surface area contributed by atoms with Crippen LogP contribution in [-0.4, -0.2) is 18.2 Å². The average Bonchev–Trinajstić information content (AvgIpc) is 2.24. The van der Waals surface area contributed by atoms with Gasteiger partial charge < -0.3 is 0 Å². The molecule has 3 fully saturated rings. The first-order valence-electron chi connectivity index (χ1n) is 7.11. The fourth-order valence-corrected chi connectivity index (χ4v) is 5.35. The molecule has 0 amide bonds. The predicted molar refractivity (Wildman–Crippen MR) is 66.3 cm³/mol. The van der Waals surface area contributed by atoms with E-state index in [-0.39, 0.29) is 11.8 Å². The van der Waals surface area contributed by atoms with Crippen LogP contribution in [0.4, 0.5) is 8.78 Å². The third-order valence-corrected chi connectivity index (χ3v) is 6.49. The minimum atomic E-state index is -5.28. The van der Waals surface area contributed by atoms with Crippen LogP contribution in [0.1, 0.15) is 44.9 Å². The molecule has 6 heteroatoms. The Labute approximate surface area is 112 Å². The van der Waals surface area contributed by atoms with Crippen molar-refractivity contribution in [3.05, 3.63) is 0 Å². The number of rotatable bonds is 3. The minimum Gasteiger partial charge on any atom is -0.281 e. The van der Waals surface area contributed by atoms with Crippen LogP contribution in [0.2, 0.25) is 0 Å². The van der Waals surface area contributed by atoms with Gasteiger partial charge >= 0.3 is 15.4 Å². The van der Waals surface area contributed by atoms with Gasteiger partial charge in [0.15, 0.2) is 0 Å². The van der Waals surface area contributed by atoms with Crippen molar-refractivity contribution in [1.82, 2.24) is 0 Å². The summed E-state index contributed by atoms with van der Waals surface area (Å²) in [7, 11) is -5.28. The Morgan fingerprint density at radius 2 is 1.74 bits per heavy atom. The molecule has 0 aliphatic heterocycles. The first-order chi connectivity index (χ1) is 8.76. The van der Waals surface area contributed by atoms with E-state index in [9.17, 15) is 17.2 Å². The maximum atomic E-state index is 13.6. The Hall–Kier alpha value is -0.230. The summed E-state index contributed by atoms with van der Waals surface area (Å²) in [6, 6.07) is 0. The number of fused-ring (bicyclic) bond motifs is 2. The first kappa shape index (κ1) is 13.7. The summed E-state index contributed by atoms with van der Waals surface area (Å²) >= 11 is 0. The van der Waals surface area contributed by atoms with Crippen molar-refractivity contribution >= 4 is 10.1 Å². The van der Waals surface area contributed by atoms with Crippen LogP contribution < -0.4 is 0 Å². The average molecular weight is 294 g/mol. The van der Waals surface area contributed by atoms with Crippen molar-refractivity contribution in [3.63, 3.8) is 0 Å². The highest BCUT2D eigenvalue weighted by Crippen LogP contribution is 2.56. The Balaban J connectivity index is 1.78. The Bertz CT molecular complexity index is 457. The fraction of sp³-hybridized carbons (Fsp3) is 1.00. The molecule has 110 valence electrons. The molecule has 3 saturated carbocycles. The van der Waals surface area contributed by atoms with Gasteiger partial charge in [-0.25, -0.2) is 0 Å². The summed E-state index contributed by atoms with van der Waals surface area (Å²) in [5.41, 5.74) is 0. The van der Waals surface area contributed by atoms with Gasteiger partial charge in [0.2, 0.25) is 0 Å². The van der Waals surface area contributed by atoms with E-state index in [1.165, 1.54) is 0 Å². The van der Waals surface area contributed by atoms with Crippen LogP contribution in [0.3, 0.4) is 0 Å².